The summed E-state index contributed by atoms with van der Waals surface area (Å²) < 4.78 is 10.8. The van der Waals surface area contributed by atoms with Gasteiger partial charge in [0.05, 0.1) is 19.8 Å². The second kappa shape index (κ2) is 10.9. The molecule has 146 valence electrons. The van der Waals surface area contributed by atoms with Gasteiger partial charge in [-0.3, -0.25) is 4.79 Å². The molecule has 2 saturated heterocycles. The molecule has 1 amide bonds. The third-order valence-electron chi connectivity index (χ3n) is 5.10. The molecule has 2 N–H and O–H groups in total. The molecule has 2 unspecified atom stereocenters. The summed E-state index contributed by atoms with van der Waals surface area (Å²) in [5, 5.41) is 6.68. The molecule has 3 rings (SSSR count). The molecular formula is C20H31ClN2O3. The van der Waals surface area contributed by atoms with Gasteiger partial charge in [0.25, 0.3) is 0 Å². The Morgan fingerprint density at radius 3 is 2.65 bits per heavy atom. The van der Waals surface area contributed by atoms with Crippen LogP contribution >= 0.6 is 12.4 Å². The maximum atomic E-state index is 12.4. The Labute approximate surface area is 162 Å². The molecule has 5 nitrogen and oxygen atoms in total. The number of halogens is 1. The van der Waals surface area contributed by atoms with Crippen LogP contribution in [0, 0.1) is 5.92 Å². The van der Waals surface area contributed by atoms with Crippen molar-refractivity contribution in [2.75, 3.05) is 25.1 Å². The van der Waals surface area contributed by atoms with E-state index in [1.54, 1.807) is 0 Å². The predicted molar refractivity (Wildman–Crippen MR) is 106 cm³/mol. The van der Waals surface area contributed by atoms with E-state index in [0.717, 1.165) is 24.1 Å². The van der Waals surface area contributed by atoms with Crippen LogP contribution in [0.2, 0.25) is 0 Å². The van der Waals surface area contributed by atoms with Crippen molar-refractivity contribution in [3.05, 3.63) is 29.8 Å². The fraction of sp³-hybridized carbons (Fsp3) is 0.650. The van der Waals surface area contributed by atoms with E-state index in [9.17, 15) is 4.79 Å². The molecule has 1 aromatic rings. The molecule has 0 spiro atoms. The Hall–Kier alpha value is -1.14. The summed E-state index contributed by atoms with van der Waals surface area (Å²) in [7, 11) is 0. The lowest BCUT2D eigenvalue weighted by Crippen LogP contribution is -2.39. The fourth-order valence-electron chi connectivity index (χ4n) is 4.01. The molecule has 0 aliphatic carbocycles. The monoisotopic (exact) mass is 382 g/mol. The van der Waals surface area contributed by atoms with E-state index in [0.29, 0.717) is 50.8 Å². The molecular weight excluding hydrogens is 352 g/mol. The van der Waals surface area contributed by atoms with Gasteiger partial charge in [0.15, 0.2) is 0 Å². The number of piperidine rings is 1. The standard InChI is InChI=1S/C20H30N2O3.ClH/c1-2-24-8-9-25-14-15-4-3-5-17(10-15)22-20(23)13-16-11-18-6-7-19(12-16)21-18;/h3-5,10,16,18-19,21H,2,6-9,11-14H2,1H3,(H,22,23);1H. The van der Waals surface area contributed by atoms with Gasteiger partial charge in [0.2, 0.25) is 5.91 Å². The van der Waals surface area contributed by atoms with E-state index in [1.165, 1.54) is 12.8 Å². The minimum absolute atomic E-state index is 0. The second-order valence-corrected chi connectivity index (χ2v) is 7.18. The van der Waals surface area contributed by atoms with Crippen molar-refractivity contribution < 1.29 is 14.3 Å². The zero-order chi connectivity index (χ0) is 17.5. The number of rotatable bonds is 9. The number of benzene rings is 1. The summed E-state index contributed by atoms with van der Waals surface area (Å²) in [5.41, 5.74) is 1.92. The van der Waals surface area contributed by atoms with Crippen LogP contribution in [0.3, 0.4) is 0 Å². The molecule has 2 aliphatic heterocycles. The zero-order valence-corrected chi connectivity index (χ0v) is 16.4. The van der Waals surface area contributed by atoms with Gasteiger partial charge in [-0.25, -0.2) is 0 Å². The summed E-state index contributed by atoms with van der Waals surface area (Å²) in [4.78, 5) is 12.4. The summed E-state index contributed by atoms with van der Waals surface area (Å²) >= 11 is 0. The largest absolute Gasteiger partial charge is 0.379 e. The Morgan fingerprint density at radius 2 is 1.92 bits per heavy atom. The van der Waals surface area contributed by atoms with Crippen molar-refractivity contribution >= 4 is 24.0 Å². The van der Waals surface area contributed by atoms with Gasteiger partial charge in [0, 0.05) is 30.8 Å². The molecule has 2 bridgehead atoms. The summed E-state index contributed by atoms with van der Waals surface area (Å²) in [6.45, 7) is 4.42. The number of fused-ring (bicyclic) bond motifs is 2. The summed E-state index contributed by atoms with van der Waals surface area (Å²) in [6, 6.07) is 9.17. The molecule has 2 heterocycles. The SMILES string of the molecule is CCOCCOCc1cccc(NC(=O)CC2CC3CCC(C2)N3)c1.Cl. The number of carbonyl (C=O) groups excluding carboxylic acids is 1. The number of ether oxygens (including phenoxy) is 2. The third kappa shape index (κ3) is 6.54. The van der Waals surface area contributed by atoms with Gasteiger partial charge in [-0.2, -0.15) is 0 Å². The quantitative estimate of drug-likeness (QED) is 0.641. The lowest BCUT2D eigenvalue weighted by molar-refractivity contribution is -0.117. The molecule has 6 heteroatoms. The summed E-state index contributed by atoms with van der Waals surface area (Å²) in [6.07, 6.45) is 5.45. The molecule has 0 radical (unpaired) electrons. The first-order valence-corrected chi connectivity index (χ1v) is 9.53. The van der Waals surface area contributed by atoms with Crippen molar-refractivity contribution in [3.63, 3.8) is 0 Å². The Balaban J connectivity index is 0.00000243. The first-order valence-electron chi connectivity index (χ1n) is 9.53. The first kappa shape index (κ1) is 21.2. The van der Waals surface area contributed by atoms with Crippen molar-refractivity contribution in [1.82, 2.24) is 5.32 Å². The lowest BCUT2D eigenvalue weighted by Gasteiger charge is -2.28. The van der Waals surface area contributed by atoms with E-state index in [2.05, 4.69) is 10.6 Å². The molecule has 0 aromatic heterocycles. The Morgan fingerprint density at radius 1 is 1.19 bits per heavy atom. The molecule has 0 saturated carbocycles. The molecule has 1 aromatic carbocycles. The predicted octanol–water partition coefficient (Wildman–Crippen LogP) is 3.52. The number of anilines is 1. The first-order chi connectivity index (χ1) is 12.2. The smallest absolute Gasteiger partial charge is 0.224 e. The third-order valence-corrected chi connectivity index (χ3v) is 5.10. The van der Waals surface area contributed by atoms with Crippen LogP contribution in [-0.4, -0.2) is 37.8 Å². The number of hydrogen-bond donors (Lipinski definition) is 2. The normalized spacial score (nSPS) is 24.1. The number of carbonyl (C=O) groups is 1. The van der Waals surface area contributed by atoms with Crippen LogP contribution in [0.15, 0.2) is 24.3 Å². The van der Waals surface area contributed by atoms with Crippen molar-refractivity contribution in [3.8, 4) is 0 Å². The van der Waals surface area contributed by atoms with Crippen LogP contribution in [-0.2, 0) is 20.9 Å². The van der Waals surface area contributed by atoms with Gasteiger partial charge in [-0.15, -0.1) is 12.4 Å². The van der Waals surface area contributed by atoms with Crippen molar-refractivity contribution in [1.29, 1.82) is 0 Å². The molecule has 2 fully saturated rings. The number of amides is 1. The highest BCUT2D eigenvalue weighted by molar-refractivity contribution is 5.90. The average Bonchev–Trinajstić information content (AvgIpc) is 2.93. The maximum Gasteiger partial charge on any atom is 0.224 e. The zero-order valence-electron chi connectivity index (χ0n) is 15.5. The van der Waals surface area contributed by atoms with Gasteiger partial charge in [-0.05, 0) is 56.2 Å². The molecule has 2 aliphatic rings. The number of nitrogens with one attached hydrogen (secondary N) is 2. The highest BCUT2D eigenvalue weighted by Gasteiger charge is 2.34. The minimum Gasteiger partial charge on any atom is -0.379 e. The topological polar surface area (TPSA) is 59.6 Å². The highest BCUT2D eigenvalue weighted by atomic mass is 35.5. The van der Waals surface area contributed by atoms with Gasteiger partial charge in [0.1, 0.15) is 0 Å². The van der Waals surface area contributed by atoms with Crippen LogP contribution in [0.25, 0.3) is 0 Å². The second-order valence-electron chi connectivity index (χ2n) is 7.18. The van der Waals surface area contributed by atoms with E-state index >= 15 is 0 Å². The molecule has 26 heavy (non-hydrogen) atoms. The highest BCUT2D eigenvalue weighted by Crippen LogP contribution is 2.32. The van der Waals surface area contributed by atoms with E-state index in [-0.39, 0.29) is 18.3 Å². The molecule has 2 atom stereocenters. The Bertz CT molecular complexity index is 558. The van der Waals surface area contributed by atoms with E-state index in [1.807, 2.05) is 31.2 Å². The summed E-state index contributed by atoms with van der Waals surface area (Å²) in [5.74, 6) is 0.643. The van der Waals surface area contributed by atoms with Gasteiger partial charge >= 0.3 is 0 Å². The van der Waals surface area contributed by atoms with Crippen LogP contribution < -0.4 is 10.6 Å². The maximum absolute atomic E-state index is 12.4. The van der Waals surface area contributed by atoms with Crippen LogP contribution in [0.5, 0.6) is 0 Å². The van der Waals surface area contributed by atoms with Crippen molar-refractivity contribution in [2.24, 2.45) is 5.92 Å². The van der Waals surface area contributed by atoms with Gasteiger partial charge in [-0.1, -0.05) is 12.1 Å². The Kier molecular flexibility index (Phi) is 8.85. The lowest BCUT2D eigenvalue weighted by atomic mass is 9.89. The van der Waals surface area contributed by atoms with Gasteiger partial charge < -0.3 is 20.1 Å². The average molecular weight is 383 g/mol. The van der Waals surface area contributed by atoms with Crippen LogP contribution in [0.1, 0.15) is 44.6 Å². The minimum atomic E-state index is 0. The number of hydrogen-bond acceptors (Lipinski definition) is 4. The van der Waals surface area contributed by atoms with E-state index < -0.39 is 0 Å². The fourth-order valence-corrected chi connectivity index (χ4v) is 4.01. The van der Waals surface area contributed by atoms with Crippen molar-refractivity contribution in [2.45, 2.75) is 57.7 Å². The van der Waals surface area contributed by atoms with Crippen LogP contribution in [0.4, 0.5) is 5.69 Å². The van der Waals surface area contributed by atoms with E-state index in [4.69, 9.17) is 9.47 Å².